The number of rotatable bonds is 7. The van der Waals surface area contributed by atoms with Crippen LogP contribution >= 0.6 is 0 Å². The van der Waals surface area contributed by atoms with Crippen molar-refractivity contribution in [1.29, 1.82) is 0 Å². The molecular weight excluding hydrogens is 342 g/mol. The van der Waals surface area contributed by atoms with E-state index in [0.717, 1.165) is 37.5 Å². The average molecular weight is 371 g/mol. The van der Waals surface area contributed by atoms with Gasteiger partial charge in [-0.05, 0) is 39.1 Å². The number of aromatic nitrogens is 3. The Balaban J connectivity index is 1.60. The molecule has 0 unspecified atom stereocenters. The first-order valence-corrected chi connectivity index (χ1v) is 9.65. The summed E-state index contributed by atoms with van der Waals surface area (Å²) < 4.78 is 5.85. The fourth-order valence-electron chi connectivity index (χ4n) is 3.27. The number of piperidine rings is 1. The van der Waals surface area contributed by atoms with E-state index in [0.29, 0.717) is 36.9 Å². The number of H-pyrrole nitrogens is 1. The molecule has 2 heterocycles. The maximum absolute atomic E-state index is 13.0. The van der Waals surface area contributed by atoms with Crippen molar-refractivity contribution in [2.45, 2.75) is 32.1 Å². The molecule has 0 atom stereocenters. The van der Waals surface area contributed by atoms with E-state index >= 15 is 0 Å². The van der Waals surface area contributed by atoms with Crippen LogP contribution in [0.1, 0.15) is 47.7 Å². The summed E-state index contributed by atoms with van der Waals surface area (Å²) in [5.74, 6) is 2.82. The van der Waals surface area contributed by atoms with Gasteiger partial charge in [-0.2, -0.15) is 5.10 Å². The molecule has 7 heteroatoms. The van der Waals surface area contributed by atoms with Gasteiger partial charge in [0.05, 0.1) is 5.56 Å². The van der Waals surface area contributed by atoms with E-state index in [2.05, 4.69) is 27.0 Å². The molecule has 1 aromatic carbocycles. The van der Waals surface area contributed by atoms with Crippen LogP contribution < -0.4 is 4.74 Å². The van der Waals surface area contributed by atoms with Gasteiger partial charge in [-0.15, -0.1) is 0 Å². The van der Waals surface area contributed by atoms with Gasteiger partial charge < -0.3 is 14.5 Å². The van der Waals surface area contributed by atoms with E-state index in [-0.39, 0.29) is 5.91 Å². The third kappa shape index (κ3) is 4.86. The first-order chi connectivity index (χ1) is 13.1. The molecule has 0 bridgehead atoms. The first kappa shape index (κ1) is 19.4. The zero-order valence-electron chi connectivity index (χ0n) is 16.4. The number of hydrogen-bond acceptors (Lipinski definition) is 5. The van der Waals surface area contributed by atoms with Gasteiger partial charge in [-0.1, -0.05) is 19.1 Å². The third-order valence-corrected chi connectivity index (χ3v) is 4.94. The normalized spacial score (nSPS) is 15.3. The molecule has 1 fully saturated rings. The van der Waals surface area contributed by atoms with Gasteiger partial charge in [0.15, 0.2) is 5.82 Å². The quantitative estimate of drug-likeness (QED) is 0.809. The van der Waals surface area contributed by atoms with Crippen molar-refractivity contribution in [1.82, 2.24) is 25.0 Å². The number of carbonyl (C=O) groups is 1. The van der Waals surface area contributed by atoms with Crippen molar-refractivity contribution in [2.24, 2.45) is 0 Å². The van der Waals surface area contributed by atoms with Crippen molar-refractivity contribution in [3.8, 4) is 5.75 Å². The van der Waals surface area contributed by atoms with Crippen LogP contribution in [0.3, 0.4) is 0 Å². The van der Waals surface area contributed by atoms with Gasteiger partial charge in [0.25, 0.3) is 5.91 Å². The zero-order chi connectivity index (χ0) is 19.2. The summed E-state index contributed by atoms with van der Waals surface area (Å²) in [4.78, 5) is 21.5. The number of nitrogens with one attached hydrogen (secondary N) is 1. The Hall–Kier alpha value is -2.41. The van der Waals surface area contributed by atoms with Gasteiger partial charge in [0, 0.05) is 32.0 Å². The fourth-order valence-corrected chi connectivity index (χ4v) is 3.27. The Bertz CT molecular complexity index is 750. The number of carbonyl (C=O) groups excluding carboxylic acids is 1. The summed E-state index contributed by atoms with van der Waals surface area (Å²) >= 11 is 0. The van der Waals surface area contributed by atoms with Crippen molar-refractivity contribution in [3.05, 3.63) is 41.5 Å². The molecule has 7 nitrogen and oxygen atoms in total. The molecule has 27 heavy (non-hydrogen) atoms. The third-order valence-electron chi connectivity index (χ3n) is 4.94. The molecule has 1 aromatic heterocycles. The highest BCUT2D eigenvalue weighted by molar-refractivity contribution is 5.97. The lowest BCUT2D eigenvalue weighted by atomic mass is 9.95. The minimum absolute atomic E-state index is 0.0399. The maximum Gasteiger partial charge on any atom is 0.257 e. The topological polar surface area (TPSA) is 74.4 Å². The van der Waals surface area contributed by atoms with Gasteiger partial charge in [0.2, 0.25) is 0 Å². The molecule has 1 aliphatic rings. The summed E-state index contributed by atoms with van der Waals surface area (Å²) in [6, 6.07) is 7.51. The van der Waals surface area contributed by atoms with Crippen LogP contribution in [-0.4, -0.2) is 71.2 Å². The number of nitrogens with zero attached hydrogens (tertiary/aromatic N) is 4. The van der Waals surface area contributed by atoms with E-state index in [4.69, 9.17) is 4.74 Å². The number of amides is 1. The van der Waals surface area contributed by atoms with E-state index < -0.39 is 0 Å². The lowest BCUT2D eigenvalue weighted by molar-refractivity contribution is 0.0706. The van der Waals surface area contributed by atoms with E-state index in [1.54, 1.807) is 0 Å². The minimum atomic E-state index is 0.0399. The lowest BCUT2D eigenvalue weighted by Gasteiger charge is -2.31. The number of aryl methyl sites for hydroxylation is 1. The second-order valence-corrected chi connectivity index (χ2v) is 7.21. The number of likely N-dealkylation sites (tertiary alicyclic amines) is 1. The summed E-state index contributed by atoms with van der Waals surface area (Å²) in [6.07, 6.45) is 2.63. The monoisotopic (exact) mass is 371 g/mol. The van der Waals surface area contributed by atoms with Crippen LogP contribution in [0.2, 0.25) is 0 Å². The van der Waals surface area contributed by atoms with Gasteiger partial charge in [-0.3, -0.25) is 9.89 Å². The average Bonchev–Trinajstić information content (AvgIpc) is 3.17. The fraction of sp³-hybridized carbons (Fsp3) is 0.550. The van der Waals surface area contributed by atoms with Crippen LogP contribution in [0.15, 0.2) is 24.3 Å². The van der Waals surface area contributed by atoms with Crippen molar-refractivity contribution in [3.63, 3.8) is 0 Å². The molecule has 0 saturated carbocycles. The highest BCUT2D eigenvalue weighted by Crippen LogP contribution is 2.28. The predicted octanol–water partition coefficient (Wildman–Crippen LogP) is 2.33. The van der Waals surface area contributed by atoms with Crippen molar-refractivity contribution >= 4 is 5.91 Å². The highest BCUT2D eigenvalue weighted by Gasteiger charge is 2.28. The largest absolute Gasteiger partial charge is 0.491 e. The molecule has 2 aromatic rings. The molecule has 1 saturated heterocycles. The number of para-hydroxylation sites is 1. The Kier molecular flexibility index (Phi) is 6.45. The standard InChI is InChI=1S/C20H29N5O2/c1-4-18-21-19(23-22-18)15-9-11-25(12-10-15)20(26)16-7-5-6-8-17(16)27-14-13-24(2)3/h5-8,15H,4,9-14H2,1-3H3,(H,21,22,23). The van der Waals surface area contributed by atoms with Crippen LogP contribution in [0.5, 0.6) is 5.75 Å². The van der Waals surface area contributed by atoms with E-state index in [1.165, 1.54) is 0 Å². The number of hydrogen-bond donors (Lipinski definition) is 1. The second kappa shape index (κ2) is 8.99. The van der Waals surface area contributed by atoms with Crippen LogP contribution in [-0.2, 0) is 6.42 Å². The molecule has 146 valence electrons. The van der Waals surface area contributed by atoms with Crippen molar-refractivity contribution in [2.75, 3.05) is 40.3 Å². The number of aromatic amines is 1. The summed E-state index contributed by atoms with van der Waals surface area (Å²) in [5.41, 5.74) is 0.640. The Morgan fingerprint density at radius 2 is 2.04 bits per heavy atom. The summed E-state index contributed by atoms with van der Waals surface area (Å²) in [6.45, 7) is 4.86. The lowest BCUT2D eigenvalue weighted by Crippen LogP contribution is -2.38. The Labute approximate surface area is 160 Å². The molecule has 1 aliphatic heterocycles. The van der Waals surface area contributed by atoms with Crippen molar-refractivity contribution < 1.29 is 9.53 Å². The zero-order valence-corrected chi connectivity index (χ0v) is 16.4. The Morgan fingerprint density at radius 3 is 2.70 bits per heavy atom. The minimum Gasteiger partial charge on any atom is -0.491 e. The maximum atomic E-state index is 13.0. The first-order valence-electron chi connectivity index (χ1n) is 9.65. The molecule has 0 spiro atoms. The molecule has 0 radical (unpaired) electrons. The number of likely N-dealkylation sites (N-methyl/N-ethyl adjacent to an activating group) is 1. The van der Waals surface area contributed by atoms with Gasteiger partial charge >= 0.3 is 0 Å². The summed E-state index contributed by atoms with van der Waals surface area (Å²) in [5, 5.41) is 7.32. The molecule has 3 rings (SSSR count). The number of ether oxygens (including phenoxy) is 1. The second-order valence-electron chi connectivity index (χ2n) is 7.21. The molecule has 0 aliphatic carbocycles. The van der Waals surface area contributed by atoms with Crippen LogP contribution in [0, 0.1) is 0 Å². The Morgan fingerprint density at radius 1 is 1.30 bits per heavy atom. The van der Waals surface area contributed by atoms with E-state index in [9.17, 15) is 4.79 Å². The SMILES string of the molecule is CCc1nc(C2CCN(C(=O)c3ccccc3OCCN(C)C)CC2)n[nH]1. The van der Waals surface area contributed by atoms with Crippen LogP contribution in [0.25, 0.3) is 0 Å². The predicted molar refractivity (Wildman–Crippen MR) is 104 cm³/mol. The van der Waals surface area contributed by atoms with Crippen LogP contribution in [0.4, 0.5) is 0 Å². The van der Waals surface area contributed by atoms with E-state index in [1.807, 2.05) is 43.3 Å². The van der Waals surface area contributed by atoms with Gasteiger partial charge in [0.1, 0.15) is 18.2 Å². The molecule has 1 amide bonds. The number of benzene rings is 1. The molecule has 1 N–H and O–H groups in total. The highest BCUT2D eigenvalue weighted by atomic mass is 16.5. The van der Waals surface area contributed by atoms with Gasteiger partial charge in [-0.25, -0.2) is 4.98 Å². The molecular formula is C20H29N5O2. The summed E-state index contributed by atoms with van der Waals surface area (Å²) in [7, 11) is 4.00. The smallest absolute Gasteiger partial charge is 0.257 e.